The van der Waals surface area contributed by atoms with Crippen LogP contribution in [0.4, 0.5) is 17.1 Å². The molecule has 0 saturated heterocycles. The van der Waals surface area contributed by atoms with Gasteiger partial charge < -0.3 is 10.1 Å². The SMILES string of the molecule is COc1ccc(N(N=O)c2ccc(C(=O)Nc3cccnc3)cc2)cc1. The van der Waals surface area contributed by atoms with Crippen LogP contribution >= 0.6 is 0 Å². The first-order valence-corrected chi connectivity index (χ1v) is 7.80. The number of carbonyl (C=O) groups is 1. The molecule has 26 heavy (non-hydrogen) atoms. The highest BCUT2D eigenvalue weighted by Gasteiger charge is 2.12. The van der Waals surface area contributed by atoms with Gasteiger partial charge in [-0.05, 0) is 60.7 Å². The number of amides is 1. The van der Waals surface area contributed by atoms with Gasteiger partial charge in [0.05, 0.1) is 35.7 Å². The van der Waals surface area contributed by atoms with Crippen molar-refractivity contribution >= 4 is 23.0 Å². The molecule has 0 spiro atoms. The Morgan fingerprint density at radius 1 is 1.04 bits per heavy atom. The van der Waals surface area contributed by atoms with Gasteiger partial charge in [0.25, 0.3) is 5.91 Å². The highest BCUT2D eigenvalue weighted by molar-refractivity contribution is 6.04. The number of rotatable bonds is 6. The second-order valence-corrected chi connectivity index (χ2v) is 5.33. The third-order valence-corrected chi connectivity index (χ3v) is 3.69. The predicted molar refractivity (Wildman–Crippen MR) is 99.6 cm³/mol. The molecule has 0 fully saturated rings. The van der Waals surface area contributed by atoms with Crippen molar-refractivity contribution in [2.75, 3.05) is 17.4 Å². The topological polar surface area (TPSA) is 83.9 Å². The van der Waals surface area contributed by atoms with E-state index in [0.717, 1.165) is 0 Å². The molecule has 1 N–H and O–H groups in total. The summed E-state index contributed by atoms with van der Waals surface area (Å²) < 4.78 is 5.10. The molecule has 2 aromatic carbocycles. The zero-order valence-corrected chi connectivity index (χ0v) is 14.0. The van der Waals surface area contributed by atoms with Crippen molar-refractivity contribution in [2.24, 2.45) is 5.29 Å². The van der Waals surface area contributed by atoms with Gasteiger partial charge in [0.1, 0.15) is 5.75 Å². The van der Waals surface area contributed by atoms with Gasteiger partial charge in [0, 0.05) is 11.8 Å². The normalized spacial score (nSPS) is 10.0. The van der Waals surface area contributed by atoms with Crippen LogP contribution in [0.3, 0.4) is 0 Å². The molecule has 0 atom stereocenters. The molecule has 1 aromatic heterocycles. The van der Waals surface area contributed by atoms with Crippen LogP contribution in [-0.4, -0.2) is 18.0 Å². The lowest BCUT2D eigenvalue weighted by atomic mass is 10.1. The Morgan fingerprint density at radius 2 is 1.69 bits per heavy atom. The standard InChI is InChI=1S/C19H16N4O3/c1-26-18-10-8-17(9-11-18)23(22-25)16-6-4-14(5-7-16)19(24)21-15-3-2-12-20-13-15/h2-13H,1H3,(H,21,24). The predicted octanol–water partition coefficient (Wildman–Crippen LogP) is 4.16. The molecule has 1 heterocycles. The number of carbonyl (C=O) groups excluding carboxylic acids is 1. The lowest BCUT2D eigenvalue weighted by Crippen LogP contribution is -2.12. The molecule has 0 unspecified atom stereocenters. The maximum Gasteiger partial charge on any atom is 0.255 e. The smallest absolute Gasteiger partial charge is 0.255 e. The summed E-state index contributed by atoms with van der Waals surface area (Å²) in [7, 11) is 1.57. The molecule has 3 aromatic rings. The van der Waals surface area contributed by atoms with Crippen molar-refractivity contribution in [2.45, 2.75) is 0 Å². The van der Waals surface area contributed by atoms with Gasteiger partial charge in [-0.3, -0.25) is 9.78 Å². The van der Waals surface area contributed by atoms with E-state index in [4.69, 9.17) is 4.74 Å². The minimum atomic E-state index is -0.264. The maximum atomic E-state index is 12.3. The minimum Gasteiger partial charge on any atom is -0.497 e. The molecule has 0 aliphatic heterocycles. The zero-order chi connectivity index (χ0) is 18.4. The third kappa shape index (κ3) is 3.84. The Kier molecular flexibility index (Phi) is 5.19. The van der Waals surface area contributed by atoms with Crippen LogP contribution < -0.4 is 15.1 Å². The largest absolute Gasteiger partial charge is 0.497 e. The number of hydrogen-bond acceptors (Lipinski definition) is 5. The van der Waals surface area contributed by atoms with Crippen LogP contribution in [0, 0.1) is 4.91 Å². The molecule has 130 valence electrons. The number of nitrogens with zero attached hydrogens (tertiary/aromatic N) is 3. The number of nitroso groups, excluding NO2 is 1. The van der Waals surface area contributed by atoms with Crippen molar-refractivity contribution in [3.8, 4) is 5.75 Å². The number of nitrogens with one attached hydrogen (secondary N) is 1. The van der Waals surface area contributed by atoms with E-state index < -0.39 is 0 Å². The molecule has 0 bridgehead atoms. The summed E-state index contributed by atoms with van der Waals surface area (Å²) in [4.78, 5) is 27.5. The van der Waals surface area contributed by atoms with Crippen molar-refractivity contribution in [1.82, 2.24) is 4.98 Å². The number of hydrogen-bond donors (Lipinski definition) is 1. The summed E-state index contributed by atoms with van der Waals surface area (Å²) in [5, 5.41) is 7.05. The molecule has 3 rings (SSSR count). The second-order valence-electron chi connectivity index (χ2n) is 5.33. The van der Waals surface area contributed by atoms with Gasteiger partial charge in [0.15, 0.2) is 0 Å². The fourth-order valence-corrected chi connectivity index (χ4v) is 2.36. The molecule has 0 radical (unpaired) electrons. The van der Waals surface area contributed by atoms with E-state index in [2.05, 4.69) is 15.6 Å². The van der Waals surface area contributed by atoms with E-state index in [9.17, 15) is 9.70 Å². The van der Waals surface area contributed by atoms with Crippen molar-refractivity contribution < 1.29 is 9.53 Å². The minimum absolute atomic E-state index is 0.264. The summed E-state index contributed by atoms with van der Waals surface area (Å²) in [5.41, 5.74) is 2.20. The van der Waals surface area contributed by atoms with Gasteiger partial charge in [-0.1, -0.05) is 0 Å². The number of benzene rings is 2. The Labute approximate surface area is 150 Å². The van der Waals surface area contributed by atoms with Crippen LogP contribution in [0.15, 0.2) is 78.3 Å². The van der Waals surface area contributed by atoms with Gasteiger partial charge in [-0.2, -0.15) is 5.01 Å². The molecule has 1 amide bonds. The summed E-state index contributed by atoms with van der Waals surface area (Å²) in [6.45, 7) is 0. The lowest BCUT2D eigenvalue weighted by molar-refractivity contribution is 0.102. The number of pyridine rings is 1. The maximum absolute atomic E-state index is 12.3. The van der Waals surface area contributed by atoms with Crippen LogP contribution in [0.2, 0.25) is 0 Å². The fourth-order valence-electron chi connectivity index (χ4n) is 2.36. The first-order chi connectivity index (χ1) is 12.7. The average molecular weight is 348 g/mol. The summed E-state index contributed by atoms with van der Waals surface area (Å²) in [5.74, 6) is 0.418. The van der Waals surface area contributed by atoms with E-state index in [-0.39, 0.29) is 5.91 Å². The van der Waals surface area contributed by atoms with E-state index in [1.165, 1.54) is 5.01 Å². The molecule has 7 nitrogen and oxygen atoms in total. The van der Waals surface area contributed by atoms with Crippen LogP contribution in [0.5, 0.6) is 5.75 Å². The van der Waals surface area contributed by atoms with E-state index >= 15 is 0 Å². The van der Waals surface area contributed by atoms with Gasteiger partial charge in [0.2, 0.25) is 0 Å². The molecular weight excluding hydrogens is 332 g/mol. The average Bonchev–Trinajstić information content (AvgIpc) is 2.70. The van der Waals surface area contributed by atoms with Crippen molar-refractivity contribution in [3.63, 3.8) is 0 Å². The summed E-state index contributed by atoms with van der Waals surface area (Å²) >= 11 is 0. The highest BCUT2D eigenvalue weighted by Crippen LogP contribution is 2.27. The molecular formula is C19H16N4O3. The number of methoxy groups -OCH3 is 1. The Morgan fingerprint density at radius 3 is 2.23 bits per heavy atom. The van der Waals surface area contributed by atoms with Crippen LogP contribution in [0.1, 0.15) is 10.4 Å². The Hall–Kier alpha value is -3.74. The third-order valence-electron chi connectivity index (χ3n) is 3.69. The number of aromatic nitrogens is 1. The van der Waals surface area contributed by atoms with Gasteiger partial charge >= 0.3 is 0 Å². The molecule has 0 aliphatic carbocycles. The summed E-state index contributed by atoms with van der Waals surface area (Å²) in [6.07, 6.45) is 3.19. The summed E-state index contributed by atoms with van der Waals surface area (Å²) in [6, 6.07) is 17.0. The monoisotopic (exact) mass is 348 g/mol. The Balaban J connectivity index is 1.76. The van der Waals surface area contributed by atoms with E-state index in [0.29, 0.717) is 28.4 Å². The fraction of sp³-hybridized carbons (Fsp3) is 0.0526. The molecule has 7 heteroatoms. The molecule has 0 aliphatic rings. The van der Waals surface area contributed by atoms with Crippen molar-refractivity contribution in [3.05, 3.63) is 83.5 Å². The molecule has 0 saturated carbocycles. The van der Waals surface area contributed by atoms with E-state index in [1.807, 2.05) is 0 Å². The van der Waals surface area contributed by atoms with Crippen molar-refractivity contribution in [1.29, 1.82) is 0 Å². The first-order valence-electron chi connectivity index (χ1n) is 7.80. The quantitative estimate of drug-likeness (QED) is 0.534. The number of anilines is 3. The van der Waals surface area contributed by atoms with Gasteiger partial charge in [-0.25, -0.2) is 0 Å². The van der Waals surface area contributed by atoms with Crippen LogP contribution in [0.25, 0.3) is 0 Å². The Bertz CT molecular complexity index is 881. The highest BCUT2D eigenvalue weighted by atomic mass is 16.5. The first kappa shape index (κ1) is 17.1. The zero-order valence-electron chi connectivity index (χ0n) is 14.0. The number of ether oxygens (including phenoxy) is 1. The van der Waals surface area contributed by atoms with Gasteiger partial charge in [-0.15, -0.1) is 4.91 Å². The van der Waals surface area contributed by atoms with Crippen LogP contribution in [-0.2, 0) is 0 Å². The van der Waals surface area contributed by atoms with E-state index in [1.54, 1.807) is 80.2 Å². The second kappa shape index (κ2) is 7.89. The lowest BCUT2D eigenvalue weighted by Gasteiger charge is -2.16.